The second kappa shape index (κ2) is 8.71. The highest BCUT2D eigenvalue weighted by atomic mass is 35.5. The highest BCUT2D eigenvalue weighted by Gasteiger charge is 2.05. The SMILES string of the molecule is C=C(Cl)/C=C(Cl)\C(=C/CCl)CCNc1nc(N)nc(N)n1. The van der Waals surface area contributed by atoms with Gasteiger partial charge in [0.1, 0.15) is 0 Å². The van der Waals surface area contributed by atoms with Crippen LogP contribution in [0.2, 0.25) is 0 Å². The third-order valence-electron chi connectivity index (χ3n) is 2.26. The number of halogens is 3. The van der Waals surface area contributed by atoms with Crippen molar-refractivity contribution in [3.63, 3.8) is 0 Å². The number of hydrogen-bond acceptors (Lipinski definition) is 6. The molecule has 0 fully saturated rings. The van der Waals surface area contributed by atoms with E-state index in [0.29, 0.717) is 34.9 Å². The standard InChI is InChI=1S/C12H15Cl3N6/c1-7(14)6-9(15)8(2-4-13)3-5-18-12-20-10(16)19-11(17)21-12/h2,6H,1,3-5H2,(H5,16,17,18,19,20,21)/b8-2-,9-6+. The Bertz CT molecular complexity index is 550. The molecule has 5 N–H and O–H groups in total. The third kappa shape index (κ3) is 6.66. The van der Waals surface area contributed by atoms with E-state index in [4.69, 9.17) is 46.3 Å². The maximum atomic E-state index is 6.13. The highest BCUT2D eigenvalue weighted by molar-refractivity contribution is 6.35. The molecule has 0 saturated heterocycles. The van der Waals surface area contributed by atoms with Gasteiger partial charge in [0.2, 0.25) is 17.8 Å². The van der Waals surface area contributed by atoms with Crippen molar-refractivity contribution in [1.82, 2.24) is 15.0 Å². The van der Waals surface area contributed by atoms with Crippen molar-refractivity contribution in [3.05, 3.63) is 34.4 Å². The number of allylic oxidation sites excluding steroid dienone is 4. The minimum absolute atomic E-state index is 0.0536. The number of nitrogens with two attached hydrogens (primary N) is 2. The first-order valence-electron chi connectivity index (χ1n) is 5.90. The van der Waals surface area contributed by atoms with Crippen LogP contribution in [0.25, 0.3) is 0 Å². The van der Waals surface area contributed by atoms with Crippen LogP contribution in [0, 0.1) is 0 Å². The Labute approximate surface area is 137 Å². The summed E-state index contributed by atoms with van der Waals surface area (Å²) >= 11 is 17.5. The Kier molecular flexibility index (Phi) is 7.28. The molecule has 1 heterocycles. The van der Waals surface area contributed by atoms with Crippen molar-refractivity contribution in [1.29, 1.82) is 0 Å². The number of nitrogens with zero attached hydrogens (tertiary/aromatic N) is 3. The van der Waals surface area contributed by atoms with Gasteiger partial charge in [0.05, 0.1) is 0 Å². The molecular weight excluding hydrogens is 335 g/mol. The van der Waals surface area contributed by atoms with E-state index in [1.165, 1.54) is 0 Å². The van der Waals surface area contributed by atoms with Crippen LogP contribution in [0.5, 0.6) is 0 Å². The van der Waals surface area contributed by atoms with Gasteiger partial charge >= 0.3 is 0 Å². The normalized spacial score (nSPS) is 12.3. The van der Waals surface area contributed by atoms with Gasteiger partial charge in [-0.2, -0.15) is 15.0 Å². The predicted molar refractivity (Wildman–Crippen MR) is 89.5 cm³/mol. The summed E-state index contributed by atoms with van der Waals surface area (Å²) in [6.45, 7) is 4.06. The Balaban J connectivity index is 2.66. The third-order valence-corrected chi connectivity index (χ3v) is 2.88. The van der Waals surface area contributed by atoms with E-state index in [2.05, 4.69) is 26.8 Å². The summed E-state index contributed by atoms with van der Waals surface area (Å²) in [7, 11) is 0. The lowest BCUT2D eigenvalue weighted by atomic mass is 10.1. The first kappa shape index (κ1) is 17.6. The molecule has 6 nitrogen and oxygen atoms in total. The van der Waals surface area contributed by atoms with Crippen LogP contribution in [-0.4, -0.2) is 27.4 Å². The summed E-state index contributed by atoms with van der Waals surface area (Å²) < 4.78 is 0. The Morgan fingerprint density at radius 3 is 2.33 bits per heavy atom. The summed E-state index contributed by atoms with van der Waals surface area (Å²) in [4.78, 5) is 11.5. The van der Waals surface area contributed by atoms with Gasteiger partial charge in [-0.3, -0.25) is 0 Å². The topological polar surface area (TPSA) is 103 Å². The molecule has 114 valence electrons. The van der Waals surface area contributed by atoms with Crippen LogP contribution in [-0.2, 0) is 0 Å². The monoisotopic (exact) mass is 348 g/mol. The minimum atomic E-state index is 0.0536. The van der Waals surface area contributed by atoms with Crippen LogP contribution in [0.3, 0.4) is 0 Å². The lowest BCUT2D eigenvalue weighted by Gasteiger charge is -2.08. The van der Waals surface area contributed by atoms with Gasteiger partial charge in [0.15, 0.2) is 0 Å². The zero-order chi connectivity index (χ0) is 15.8. The fraction of sp³-hybridized carbons (Fsp3) is 0.250. The summed E-state index contributed by atoms with van der Waals surface area (Å²) in [5.74, 6) is 0.739. The van der Waals surface area contributed by atoms with Crippen LogP contribution < -0.4 is 16.8 Å². The Hall–Kier alpha value is -1.50. The van der Waals surface area contributed by atoms with E-state index < -0.39 is 0 Å². The van der Waals surface area contributed by atoms with Gasteiger partial charge in [-0.15, -0.1) is 11.6 Å². The molecule has 0 aromatic carbocycles. The van der Waals surface area contributed by atoms with E-state index in [1.54, 1.807) is 12.2 Å². The molecule has 0 saturated carbocycles. The van der Waals surface area contributed by atoms with Crippen molar-refractivity contribution >= 4 is 52.6 Å². The van der Waals surface area contributed by atoms with Crippen molar-refractivity contribution in [2.75, 3.05) is 29.2 Å². The number of aromatic nitrogens is 3. The number of nitrogens with one attached hydrogen (secondary N) is 1. The number of anilines is 3. The van der Waals surface area contributed by atoms with Crippen molar-refractivity contribution in [3.8, 4) is 0 Å². The average Bonchev–Trinajstić information content (AvgIpc) is 2.35. The van der Waals surface area contributed by atoms with E-state index in [9.17, 15) is 0 Å². The van der Waals surface area contributed by atoms with Crippen LogP contribution in [0.1, 0.15) is 6.42 Å². The number of alkyl halides is 1. The molecule has 0 aliphatic heterocycles. The number of hydrogen-bond donors (Lipinski definition) is 3. The summed E-state index contributed by atoms with van der Waals surface area (Å²) in [6, 6.07) is 0. The quantitative estimate of drug-likeness (QED) is 0.516. The number of rotatable bonds is 7. The maximum absolute atomic E-state index is 6.13. The Morgan fingerprint density at radius 2 is 1.81 bits per heavy atom. The van der Waals surface area contributed by atoms with Crippen LogP contribution >= 0.6 is 34.8 Å². The summed E-state index contributed by atoms with van der Waals surface area (Å²) in [6.07, 6.45) is 3.93. The molecule has 0 aliphatic rings. The molecule has 0 radical (unpaired) electrons. The molecule has 1 aromatic rings. The molecule has 1 aromatic heterocycles. The van der Waals surface area contributed by atoms with Gasteiger partial charge in [-0.05, 0) is 18.1 Å². The van der Waals surface area contributed by atoms with E-state index in [1.807, 2.05) is 0 Å². The largest absolute Gasteiger partial charge is 0.368 e. The lowest BCUT2D eigenvalue weighted by molar-refractivity contribution is 0.971. The summed E-state index contributed by atoms with van der Waals surface area (Å²) in [5, 5.41) is 3.79. The average molecular weight is 350 g/mol. The van der Waals surface area contributed by atoms with Crippen LogP contribution in [0.4, 0.5) is 17.8 Å². The van der Waals surface area contributed by atoms with Gasteiger partial charge in [-0.1, -0.05) is 35.9 Å². The number of nitrogen functional groups attached to an aromatic ring is 2. The van der Waals surface area contributed by atoms with Gasteiger partial charge in [-0.25, -0.2) is 0 Å². The second-order valence-electron chi connectivity index (χ2n) is 3.87. The van der Waals surface area contributed by atoms with E-state index in [-0.39, 0.29) is 11.9 Å². The fourth-order valence-electron chi connectivity index (χ4n) is 1.44. The molecule has 0 amide bonds. The molecule has 0 spiro atoms. The molecule has 21 heavy (non-hydrogen) atoms. The van der Waals surface area contributed by atoms with Crippen molar-refractivity contribution < 1.29 is 0 Å². The predicted octanol–water partition coefficient (Wildman–Crippen LogP) is 2.88. The molecule has 0 atom stereocenters. The Morgan fingerprint density at radius 1 is 1.19 bits per heavy atom. The molecule has 0 bridgehead atoms. The first-order valence-corrected chi connectivity index (χ1v) is 7.19. The smallest absolute Gasteiger partial charge is 0.229 e. The molecule has 9 heteroatoms. The molecule has 0 unspecified atom stereocenters. The van der Waals surface area contributed by atoms with Crippen LogP contribution in [0.15, 0.2) is 34.4 Å². The highest BCUT2D eigenvalue weighted by Crippen LogP contribution is 2.21. The lowest BCUT2D eigenvalue weighted by Crippen LogP contribution is -2.11. The fourth-order valence-corrected chi connectivity index (χ4v) is 2.09. The molecule has 0 aliphatic carbocycles. The van der Waals surface area contributed by atoms with Crippen molar-refractivity contribution in [2.24, 2.45) is 0 Å². The van der Waals surface area contributed by atoms with Gasteiger partial charge in [0, 0.05) is 22.5 Å². The second-order valence-corrected chi connectivity index (χ2v) is 5.08. The summed E-state index contributed by atoms with van der Waals surface area (Å²) in [5.41, 5.74) is 11.8. The van der Waals surface area contributed by atoms with Gasteiger partial charge < -0.3 is 16.8 Å². The van der Waals surface area contributed by atoms with E-state index in [0.717, 1.165) is 5.57 Å². The van der Waals surface area contributed by atoms with Gasteiger partial charge in [0.25, 0.3) is 0 Å². The van der Waals surface area contributed by atoms with Crippen molar-refractivity contribution in [2.45, 2.75) is 6.42 Å². The maximum Gasteiger partial charge on any atom is 0.229 e. The zero-order valence-corrected chi connectivity index (χ0v) is 13.4. The van der Waals surface area contributed by atoms with E-state index >= 15 is 0 Å². The molecule has 1 rings (SSSR count). The zero-order valence-electron chi connectivity index (χ0n) is 11.1. The minimum Gasteiger partial charge on any atom is -0.368 e. The molecular formula is C12H15Cl3N6. The first-order chi connectivity index (χ1) is 9.92.